The molecule has 5 heteroatoms. The third-order valence-electron chi connectivity index (χ3n) is 1.73. The zero-order valence-electron chi connectivity index (χ0n) is 7.38. The van der Waals surface area contributed by atoms with E-state index in [-0.39, 0.29) is 0 Å². The lowest BCUT2D eigenvalue weighted by atomic mass is 10.2. The van der Waals surface area contributed by atoms with Gasteiger partial charge in [0.1, 0.15) is 6.33 Å². The first-order valence-corrected chi connectivity index (χ1v) is 5.71. The van der Waals surface area contributed by atoms with Crippen molar-refractivity contribution in [2.45, 2.75) is 15.8 Å². The first-order valence-electron chi connectivity index (χ1n) is 4.12. The molecule has 0 spiro atoms. The molecule has 0 aliphatic heterocycles. The van der Waals surface area contributed by atoms with Gasteiger partial charge in [0.25, 0.3) is 0 Å². The fourth-order valence-electron chi connectivity index (χ4n) is 1.07. The lowest BCUT2D eigenvalue weighted by Gasteiger charge is -2.03. The van der Waals surface area contributed by atoms with Gasteiger partial charge in [-0.05, 0) is 23.2 Å². The van der Waals surface area contributed by atoms with Crippen LogP contribution in [0.25, 0.3) is 0 Å². The Morgan fingerprint density at radius 1 is 1.36 bits per heavy atom. The molecule has 0 radical (unpaired) electrons. The summed E-state index contributed by atoms with van der Waals surface area (Å²) in [6.45, 7) is 0.558. The number of aromatic nitrogens is 2. The van der Waals surface area contributed by atoms with Crippen molar-refractivity contribution >= 4 is 23.3 Å². The van der Waals surface area contributed by atoms with Crippen molar-refractivity contribution in [3.05, 3.63) is 36.2 Å². The maximum absolute atomic E-state index is 5.63. The predicted octanol–water partition coefficient (Wildman–Crippen LogP) is 2.15. The number of nitrogens with two attached hydrogens (primary N) is 1. The fraction of sp³-hybridized carbons (Fsp3) is 0.111. The standard InChI is InChI=1S/C9H9N3S2/c10-5-7-3-1-2-4-8(7)13-9-11-6-12-14-9/h1-4,6H,5,10H2. The second-order valence-corrected chi connectivity index (χ2v) is 4.69. The van der Waals surface area contributed by atoms with Gasteiger partial charge in [0, 0.05) is 11.4 Å². The number of benzene rings is 1. The zero-order valence-corrected chi connectivity index (χ0v) is 9.02. The van der Waals surface area contributed by atoms with Gasteiger partial charge in [-0.3, -0.25) is 0 Å². The molecule has 2 N–H and O–H groups in total. The first kappa shape index (κ1) is 9.64. The van der Waals surface area contributed by atoms with Crippen LogP contribution in [0.1, 0.15) is 5.56 Å². The summed E-state index contributed by atoms with van der Waals surface area (Å²) in [5, 5.41) is 0. The van der Waals surface area contributed by atoms with Crippen LogP contribution in [-0.2, 0) is 6.54 Å². The summed E-state index contributed by atoms with van der Waals surface area (Å²) in [6, 6.07) is 8.08. The smallest absolute Gasteiger partial charge is 0.174 e. The monoisotopic (exact) mass is 223 g/mol. The Bertz CT molecular complexity index is 400. The van der Waals surface area contributed by atoms with Crippen LogP contribution in [0.5, 0.6) is 0 Å². The third-order valence-corrected chi connectivity index (χ3v) is 3.56. The quantitative estimate of drug-likeness (QED) is 0.866. The Labute approximate surface area is 90.5 Å². The highest BCUT2D eigenvalue weighted by Gasteiger charge is 2.04. The van der Waals surface area contributed by atoms with Crippen LogP contribution < -0.4 is 5.73 Å². The Hall–Kier alpha value is -0.910. The van der Waals surface area contributed by atoms with Gasteiger partial charge in [0.15, 0.2) is 4.34 Å². The van der Waals surface area contributed by atoms with E-state index in [2.05, 4.69) is 9.36 Å². The van der Waals surface area contributed by atoms with Gasteiger partial charge in [-0.2, -0.15) is 4.37 Å². The second kappa shape index (κ2) is 4.54. The lowest BCUT2D eigenvalue weighted by molar-refractivity contribution is 1.03. The van der Waals surface area contributed by atoms with Crippen LogP contribution >= 0.6 is 23.3 Å². The summed E-state index contributed by atoms with van der Waals surface area (Å²) in [5.74, 6) is 0. The number of nitrogens with zero attached hydrogens (tertiary/aromatic N) is 2. The lowest BCUT2D eigenvalue weighted by Crippen LogP contribution is -1.97. The van der Waals surface area contributed by atoms with Crippen molar-refractivity contribution in [2.75, 3.05) is 0 Å². The van der Waals surface area contributed by atoms with Crippen LogP contribution in [0.3, 0.4) is 0 Å². The van der Waals surface area contributed by atoms with Gasteiger partial charge in [0.2, 0.25) is 0 Å². The van der Waals surface area contributed by atoms with E-state index in [1.54, 1.807) is 18.1 Å². The van der Waals surface area contributed by atoms with Gasteiger partial charge in [-0.15, -0.1) is 0 Å². The van der Waals surface area contributed by atoms with Gasteiger partial charge in [-0.1, -0.05) is 30.0 Å². The Balaban J connectivity index is 2.24. The number of rotatable bonds is 3. The summed E-state index contributed by atoms with van der Waals surface area (Å²) in [5.41, 5.74) is 6.78. The minimum atomic E-state index is 0.558. The van der Waals surface area contributed by atoms with Crippen molar-refractivity contribution in [3.63, 3.8) is 0 Å². The highest BCUT2D eigenvalue weighted by molar-refractivity contribution is 8.01. The maximum Gasteiger partial charge on any atom is 0.174 e. The van der Waals surface area contributed by atoms with Crippen molar-refractivity contribution in [2.24, 2.45) is 5.73 Å². The first-order chi connectivity index (χ1) is 6.90. The van der Waals surface area contributed by atoms with E-state index < -0.39 is 0 Å². The summed E-state index contributed by atoms with van der Waals surface area (Å²) in [6.07, 6.45) is 1.57. The highest BCUT2D eigenvalue weighted by Crippen LogP contribution is 2.30. The average molecular weight is 223 g/mol. The maximum atomic E-state index is 5.63. The Morgan fingerprint density at radius 2 is 2.21 bits per heavy atom. The van der Waals surface area contributed by atoms with Crippen LogP contribution in [0, 0.1) is 0 Å². The molecular formula is C9H9N3S2. The molecule has 0 bridgehead atoms. The van der Waals surface area contributed by atoms with Gasteiger partial charge >= 0.3 is 0 Å². The van der Waals surface area contributed by atoms with Crippen molar-refractivity contribution in [1.29, 1.82) is 0 Å². The predicted molar refractivity (Wildman–Crippen MR) is 58.4 cm³/mol. The molecule has 0 aliphatic rings. The minimum absolute atomic E-state index is 0.558. The summed E-state index contributed by atoms with van der Waals surface area (Å²) in [4.78, 5) is 5.28. The van der Waals surface area contributed by atoms with Crippen LogP contribution in [-0.4, -0.2) is 9.36 Å². The van der Waals surface area contributed by atoms with E-state index in [1.807, 2.05) is 24.3 Å². The molecule has 14 heavy (non-hydrogen) atoms. The topological polar surface area (TPSA) is 51.8 Å². The van der Waals surface area contributed by atoms with Gasteiger partial charge < -0.3 is 5.73 Å². The molecule has 0 unspecified atom stereocenters. The third kappa shape index (κ3) is 2.12. The number of hydrogen-bond acceptors (Lipinski definition) is 5. The summed E-state index contributed by atoms with van der Waals surface area (Å²) in [7, 11) is 0. The molecular weight excluding hydrogens is 214 g/mol. The molecule has 1 aromatic carbocycles. The molecule has 3 nitrogen and oxygen atoms in total. The van der Waals surface area contributed by atoms with Crippen LogP contribution in [0.4, 0.5) is 0 Å². The second-order valence-electron chi connectivity index (χ2n) is 2.62. The zero-order chi connectivity index (χ0) is 9.80. The molecule has 1 heterocycles. The molecule has 2 rings (SSSR count). The van der Waals surface area contributed by atoms with E-state index >= 15 is 0 Å². The Kier molecular flexibility index (Phi) is 3.13. The van der Waals surface area contributed by atoms with E-state index in [9.17, 15) is 0 Å². The minimum Gasteiger partial charge on any atom is -0.326 e. The highest BCUT2D eigenvalue weighted by atomic mass is 32.2. The Morgan fingerprint density at radius 3 is 2.93 bits per heavy atom. The molecule has 0 saturated heterocycles. The van der Waals surface area contributed by atoms with E-state index in [0.29, 0.717) is 6.54 Å². The molecule has 0 atom stereocenters. The fourth-order valence-corrected chi connectivity index (χ4v) is 2.62. The molecule has 0 amide bonds. The SMILES string of the molecule is NCc1ccccc1Sc1ncns1. The molecule has 0 aliphatic carbocycles. The molecule has 1 aromatic heterocycles. The van der Waals surface area contributed by atoms with E-state index in [0.717, 1.165) is 14.8 Å². The number of hydrogen-bond donors (Lipinski definition) is 1. The van der Waals surface area contributed by atoms with Crippen LogP contribution in [0.15, 0.2) is 39.8 Å². The molecule has 2 aromatic rings. The van der Waals surface area contributed by atoms with Crippen molar-refractivity contribution < 1.29 is 0 Å². The molecule has 72 valence electrons. The normalized spacial score (nSPS) is 10.4. The molecule has 0 saturated carbocycles. The van der Waals surface area contributed by atoms with Crippen LogP contribution in [0.2, 0.25) is 0 Å². The van der Waals surface area contributed by atoms with Crippen molar-refractivity contribution in [1.82, 2.24) is 9.36 Å². The molecule has 0 fully saturated rings. The van der Waals surface area contributed by atoms with Crippen molar-refractivity contribution in [3.8, 4) is 0 Å². The summed E-state index contributed by atoms with van der Waals surface area (Å²) < 4.78 is 4.90. The average Bonchev–Trinajstić information content (AvgIpc) is 2.71. The van der Waals surface area contributed by atoms with Gasteiger partial charge in [0.05, 0.1) is 0 Å². The van der Waals surface area contributed by atoms with Gasteiger partial charge in [-0.25, -0.2) is 4.98 Å². The summed E-state index contributed by atoms with van der Waals surface area (Å²) >= 11 is 3.01. The van der Waals surface area contributed by atoms with E-state index in [1.165, 1.54) is 11.5 Å². The van der Waals surface area contributed by atoms with E-state index in [4.69, 9.17) is 5.73 Å². The largest absolute Gasteiger partial charge is 0.326 e.